The molecule has 3 heterocycles. The van der Waals surface area contributed by atoms with Gasteiger partial charge in [0.2, 0.25) is 11.9 Å². The van der Waals surface area contributed by atoms with Crippen molar-refractivity contribution < 1.29 is 14.7 Å². The van der Waals surface area contributed by atoms with Crippen molar-refractivity contribution in [1.29, 1.82) is 0 Å². The lowest BCUT2D eigenvalue weighted by atomic mass is 9.96. The Morgan fingerprint density at radius 1 is 1.36 bits per heavy atom. The average Bonchev–Trinajstić information content (AvgIpc) is 2.63. The summed E-state index contributed by atoms with van der Waals surface area (Å²) in [6.07, 6.45) is 0. The number of nitrogens with zero attached hydrogens (tertiary/aromatic N) is 3. The monoisotopic (exact) mass is 321 g/mol. The van der Waals surface area contributed by atoms with Gasteiger partial charge in [0, 0.05) is 16.1 Å². The number of amides is 1. The topological polar surface area (TPSA) is 98.2 Å². The highest BCUT2D eigenvalue weighted by molar-refractivity contribution is 8.01. The molecular formula is C14H17N4O3S-. The summed E-state index contributed by atoms with van der Waals surface area (Å²) in [4.78, 5) is 33.6. The molecular weight excluding hydrogens is 304 g/mol. The number of carboxylic acid groups (broad SMARTS) is 1. The van der Waals surface area contributed by atoms with Gasteiger partial charge < -0.3 is 20.1 Å². The summed E-state index contributed by atoms with van der Waals surface area (Å²) in [7, 11) is 0. The van der Waals surface area contributed by atoms with Crippen molar-refractivity contribution in [3.8, 4) is 0 Å². The Balaban J connectivity index is 1.82. The normalized spacial score (nSPS) is 29.0. The molecule has 0 spiro atoms. The highest BCUT2D eigenvalue weighted by Gasteiger charge is 2.62. The molecule has 2 fully saturated rings. The Morgan fingerprint density at radius 3 is 2.50 bits per heavy atom. The second-order valence-corrected chi connectivity index (χ2v) is 7.95. The fourth-order valence-electron chi connectivity index (χ4n) is 3.06. The van der Waals surface area contributed by atoms with Crippen LogP contribution in [0.4, 0.5) is 5.95 Å². The molecule has 8 heteroatoms. The van der Waals surface area contributed by atoms with E-state index in [1.54, 1.807) is 0 Å². The van der Waals surface area contributed by atoms with Crippen LogP contribution in [0.5, 0.6) is 0 Å². The number of fused-ring (bicyclic) bond motifs is 1. The summed E-state index contributed by atoms with van der Waals surface area (Å²) >= 11 is 1.46. The van der Waals surface area contributed by atoms with Gasteiger partial charge >= 0.3 is 0 Å². The molecule has 7 nitrogen and oxygen atoms in total. The smallest absolute Gasteiger partial charge is 0.249 e. The first kappa shape index (κ1) is 15.1. The van der Waals surface area contributed by atoms with Crippen LogP contribution < -0.4 is 10.4 Å². The van der Waals surface area contributed by atoms with E-state index in [-0.39, 0.29) is 11.3 Å². The summed E-state index contributed by atoms with van der Waals surface area (Å²) in [5, 5.41) is 14.1. The first-order chi connectivity index (χ1) is 10.2. The van der Waals surface area contributed by atoms with Gasteiger partial charge in [-0.3, -0.25) is 4.79 Å². The van der Waals surface area contributed by atoms with Gasteiger partial charge in [-0.15, -0.1) is 11.8 Å². The SMILES string of the molecule is Cc1cc(C)nc(N[C@@H]2C(=O)N3[C@@H]2SC(C)(C)[C@@H]3C(=O)[O-])n1. The summed E-state index contributed by atoms with van der Waals surface area (Å²) in [5.41, 5.74) is 1.62. The van der Waals surface area contributed by atoms with Crippen LogP contribution in [0.3, 0.4) is 0 Å². The Labute approximate surface area is 132 Å². The molecule has 118 valence electrons. The predicted molar refractivity (Wildman–Crippen MR) is 80.0 cm³/mol. The van der Waals surface area contributed by atoms with Crippen LogP contribution >= 0.6 is 11.8 Å². The van der Waals surface area contributed by atoms with Crippen molar-refractivity contribution in [3.05, 3.63) is 17.5 Å². The number of hydrogen-bond donors (Lipinski definition) is 1. The number of carbonyl (C=O) groups excluding carboxylic acids is 2. The number of aryl methyl sites for hydroxylation is 2. The van der Waals surface area contributed by atoms with E-state index >= 15 is 0 Å². The van der Waals surface area contributed by atoms with Crippen molar-refractivity contribution in [2.24, 2.45) is 0 Å². The maximum atomic E-state index is 12.3. The number of carboxylic acids is 1. The summed E-state index contributed by atoms with van der Waals surface area (Å²) in [6, 6.07) is 0.433. The molecule has 1 N–H and O–H groups in total. The van der Waals surface area contributed by atoms with Crippen LogP contribution in [-0.4, -0.2) is 48.9 Å². The number of rotatable bonds is 3. The minimum atomic E-state index is -1.21. The molecule has 3 rings (SSSR count). The second-order valence-electron chi connectivity index (χ2n) is 6.18. The van der Waals surface area contributed by atoms with Gasteiger partial charge in [-0.2, -0.15) is 0 Å². The van der Waals surface area contributed by atoms with Crippen LogP contribution in [0.2, 0.25) is 0 Å². The molecule has 1 aromatic heterocycles. The molecule has 1 aromatic rings. The molecule has 0 radical (unpaired) electrons. The Kier molecular flexibility index (Phi) is 3.32. The van der Waals surface area contributed by atoms with E-state index in [0.29, 0.717) is 5.95 Å². The third kappa shape index (κ3) is 2.22. The van der Waals surface area contributed by atoms with Crippen LogP contribution in [-0.2, 0) is 9.59 Å². The summed E-state index contributed by atoms with van der Waals surface area (Å²) in [5.74, 6) is -1.07. The number of β-lactam (4-membered cyclic amide) rings is 1. The van der Waals surface area contributed by atoms with Gasteiger partial charge in [-0.05, 0) is 33.8 Å². The molecule has 3 atom stereocenters. The van der Waals surface area contributed by atoms with Crippen LogP contribution in [0, 0.1) is 13.8 Å². The molecule has 0 bridgehead atoms. The van der Waals surface area contributed by atoms with Gasteiger partial charge in [-0.25, -0.2) is 9.97 Å². The van der Waals surface area contributed by atoms with E-state index in [2.05, 4.69) is 15.3 Å². The van der Waals surface area contributed by atoms with Crippen molar-refractivity contribution in [2.45, 2.75) is 49.9 Å². The molecule has 0 saturated carbocycles. The number of anilines is 1. The lowest BCUT2D eigenvalue weighted by molar-refractivity contribution is -0.312. The highest BCUT2D eigenvalue weighted by atomic mass is 32.2. The van der Waals surface area contributed by atoms with Crippen LogP contribution in [0.1, 0.15) is 25.2 Å². The van der Waals surface area contributed by atoms with Crippen molar-refractivity contribution in [2.75, 3.05) is 5.32 Å². The van der Waals surface area contributed by atoms with Crippen molar-refractivity contribution >= 4 is 29.6 Å². The third-order valence-electron chi connectivity index (χ3n) is 3.93. The molecule has 2 aliphatic heterocycles. The van der Waals surface area contributed by atoms with E-state index in [1.807, 2.05) is 33.8 Å². The predicted octanol–water partition coefficient (Wildman–Crippen LogP) is -0.314. The zero-order valence-corrected chi connectivity index (χ0v) is 13.6. The standard InChI is InChI=1S/C14H18N4O3S/c1-6-5-7(2)16-13(15-6)17-8-10(19)18-9(12(20)21)14(3,4)22-11(8)18/h5,8-9,11H,1-4H3,(H,20,21)(H,15,16,17)/p-1/t8-,9+,11-/m1/s1. The van der Waals surface area contributed by atoms with E-state index in [9.17, 15) is 14.7 Å². The molecule has 0 aromatic carbocycles. The van der Waals surface area contributed by atoms with Gasteiger partial charge in [0.1, 0.15) is 11.4 Å². The van der Waals surface area contributed by atoms with Gasteiger partial charge in [0.25, 0.3) is 0 Å². The minimum absolute atomic E-state index is 0.241. The number of aromatic nitrogens is 2. The Morgan fingerprint density at radius 2 is 1.95 bits per heavy atom. The molecule has 0 unspecified atom stereocenters. The van der Waals surface area contributed by atoms with Crippen LogP contribution in [0.15, 0.2) is 6.07 Å². The molecule has 1 amide bonds. The third-order valence-corrected chi connectivity index (χ3v) is 5.50. The average molecular weight is 321 g/mol. The first-order valence-electron chi connectivity index (χ1n) is 7.00. The molecule has 0 aliphatic carbocycles. The van der Waals surface area contributed by atoms with E-state index in [4.69, 9.17) is 0 Å². The Hall–Kier alpha value is -1.83. The largest absolute Gasteiger partial charge is 0.548 e. The highest BCUT2D eigenvalue weighted by Crippen LogP contribution is 2.51. The lowest BCUT2D eigenvalue weighted by Gasteiger charge is -2.45. The van der Waals surface area contributed by atoms with E-state index in [1.165, 1.54) is 16.7 Å². The number of nitrogens with one attached hydrogen (secondary N) is 1. The number of carbonyl (C=O) groups is 2. The van der Waals surface area contributed by atoms with Gasteiger partial charge in [0.05, 0.1) is 12.0 Å². The maximum Gasteiger partial charge on any atom is 0.249 e. The van der Waals surface area contributed by atoms with Gasteiger partial charge in [-0.1, -0.05) is 0 Å². The van der Waals surface area contributed by atoms with Crippen molar-refractivity contribution in [1.82, 2.24) is 14.9 Å². The Bertz CT molecular complexity index is 643. The zero-order chi connectivity index (χ0) is 16.2. The summed E-state index contributed by atoms with van der Waals surface area (Å²) in [6.45, 7) is 7.34. The second kappa shape index (κ2) is 4.84. The fraction of sp³-hybridized carbons (Fsp3) is 0.571. The van der Waals surface area contributed by atoms with E-state index in [0.717, 1.165) is 11.4 Å². The fourth-order valence-corrected chi connectivity index (χ4v) is 4.68. The number of thioether (sulfide) groups is 1. The molecule has 2 saturated heterocycles. The van der Waals surface area contributed by atoms with E-state index < -0.39 is 22.8 Å². The minimum Gasteiger partial charge on any atom is -0.548 e. The first-order valence-corrected chi connectivity index (χ1v) is 7.88. The van der Waals surface area contributed by atoms with Crippen LogP contribution in [0.25, 0.3) is 0 Å². The lowest BCUT2D eigenvalue weighted by Crippen LogP contribution is -2.69. The zero-order valence-electron chi connectivity index (χ0n) is 12.8. The maximum absolute atomic E-state index is 12.3. The van der Waals surface area contributed by atoms with Gasteiger partial charge in [0.15, 0.2) is 0 Å². The quantitative estimate of drug-likeness (QED) is 0.762. The van der Waals surface area contributed by atoms with Crippen molar-refractivity contribution in [3.63, 3.8) is 0 Å². The molecule has 2 aliphatic rings. The number of hydrogen-bond acceptors (Lipinski definition) is 7. The molecule has 22 heavy (non-hydrogen) atoms. The summed E-state index contributed by atoms with van der Waals surface area (Å²) < 4.78 is -0.584. The number of aliphatic carboxylic acids is 1.